The first kappa shape index (κ1) is 18.7. The van der Waals surface area contributed by atoms with Crippen LogP contribution < -0.4 is 9.75 Å². The number of amides is 1. The summed E-state index contributed by atoms with van der Waals surface area (Å²) in [7, 11) is 0. The Morgan fingerprint density at radius 3 is 2.50 bits per heavy atom. The molecular weight excluding hydrogens is 364 g/mol. The SMILES string of the molecule is CC[C@@H](C)Oc1ccccc1/C=C1/SC(=S)N(n2c(C)ccc2C)C1=O. The van der Waals surface area contributed by atoms with Crippen LogP contribution in [-0.4, -0.2) is 21.0 Å². The van der Waals surface area contributed by atoms with Gasteiger partial charge in [0.05, 0.1) is 11.0 Å². The fraction of sp³-hybridized carbons (Fsp3) is 0.300. The number of hydrogen-bond donors (Lipinski definition) is 0. The van der Waals surface area contributed by atoms with Crippen molar-refractivity contribution in [3.8, 4) is 5.75 Å². The molecule has 1 amide bonds. The van der Waals surface area contributed by atoms with Crippen molar-refractivity contribution in [2.24, 2.45) is 0 Å². The lowest BCUT2D eigenvalue weighted by molar-refractivity contribution is -0.114. The van der Waals surface area contributed by atoms with Crippen LogP contribution in [0.25, 0.3) is 6.08 Å². The van der Waals surface area contributed by atoms with Crippen molar-refractivity contribution in [3.63, 3.8) is 0 Å². The van der Waals surface area contributed by atoms with E-state index in [9.17, 15) is 4.79 Å². The molecule has 1 saturated heterocycles. The van der Waals surface area contributed by atoms with Gasteiger partial charge in [0.15, 0.2) is 4.32 Å². The van der Waals surface area contributed by atoms with E-state index in [1.807, 2.05) is 67.9 Å². The fourth-order valence-corrected chi connectivity index (χ4v) is 3.99. The zero-order valence-electron chi connectivity index (χ0n) is 15.4. The largest absolute Gasteiger partial charge is 0.490 e. The predicted molar refractivity (Wildman–Crippen MR) is 112 cm³/mol. The molecule has 1 aromatic heterocycles. The number of benzene rings is 1. The lowest BCUT2D eigenvalue weighted by Gasteiger charge is -2.20. The van der Waals surface area contributed by atoms with Crippen LogP contribution >= 0.6 is 24.0 Å². The molecule has 1 aromatic carbocycles. The van der Waals surface area contributed by atoms with Gasteiger partial charge in [0, 0.05) is 17.0 Å². The molecule has 0 saturated carbocycles. The molecule has 3 rings (SSSR count). The first-order chi connectivity index (χ1) is 12.4. The molecule has 1 aliphatic rings. The van der Waals surface area contributed by atoms with Crippen LogP contribution in [-0.2, 0) is 4.79 Å². The maximum atomic E-state index is 13.0. The van der Waals surface area contributed by atoms with Gasteiger partial charge in [-0.15, -0.1) is 0 Å². The summed E-state index contributed by atoms with van der Waals surface area (Å²) < 4.78 is 8.38. The van der Waals surface area contributed by atoms with Gasteiger partial charge in [0.25, 0.3) is 5.91 Å². The third kappa shape index (κ3) is 3.57. The second-order valence-electron chi connectivity index (χ2n) is 6.30. The van der Waals surface area contributed by atoms with Crippen LogP contribution in [0.5, 0.6) is 5.75 Å². The standard InChI is InChI=1S/C20H22N2O2S2/c1-5-15(4)24-17-9-7-6-8-16(17)12-18-19(23)22(20(25)26-18)21-13(2)10-11-14(21)3/h6-12,15H,5H2,1-4H3/b18-12+/t15-/m1/s1. The number of aromatic nitrogens is 1. The molecule has 2 heterocycles. The first-order valence-electron chi connectivity index (χ1n) is 8.61. The second-order valence-corrected chi connectivity index (χ2v) is 7.97. The molecule has 1 aliphatic heterocycles. The van der Waals surface area contributed by atoms with E-state index in [4.69, 9.17) is 17.0 Å². The summed E-state index contributed by atoms with van der Waals surface area (Å²) >= 11 is 6.79. The number of nitrogens with zero attached hydrogens (tertiary/aromatic N) is 2. The Kier molecular flexibility index (Phi) is 5.53. The Balaban J connectivity index is 1.94. The summed E-state index contributed by atoms with van der Waals surface area (Å²) in [6, 6.07) is 11.7. The highest BCUT2D eigenvalue weighted by atomic mass is 32.2. The highest BCUT2D eigenvalue weighted by molar-refractivity contribution is 8.27. The number of thioether (sulfide) groups is 1. The number of carbonyl (C=O) groups excluding carboxylic acids is 1. The van der Waals surface area contributed by atoms with E-state index in [1.54, 1.807) is 5.01 Å². The minimum absolute atomic E-state index is 0.110. The van der Waals surface area contributed by atoms with Crippen LogP contribution in [0.1, 0.15) is 37.2 Å². The topological polar surface area (TPSA) is 34.5 Å². The van der Waals surface area contributed by atoms with Crippen LogP contribution in [0.15, 0.2) is 41.3 Å². The van der Waals surface area contributed by atoms with Gasteiger partial charge < -0.3 is 4.74 Å². The molecule has 0 unspecified atom stereocenters. The third-order valence-electron chi connectivity index (χ3n) is 4.32. The summed E-state index contributed by atoms with van der Waals surface area (Å²) in [6.45, 7) is 8.04. The Morgan fingerprint density at radius 1 is 1.19 bits per heavy atom. The summed E-state index contributed by atoms with van der Waals surface area (Å²) in [4.78, 5) is 13.6. The molecule has 0 N–H and O–H groups in total. The van der Waals surface area contributed by atoms with Crippen LogP contribution in [0, 0.1) is 13.8 Å². The van der Waals surface area contributed by atoms with Gasteiger partial charge in [-0.3, -0.25) is 9.47 Å². The maximum absolute atomic E-state index is 13.0. The number of aryl methyl sites for hydroxylation is 2. The zero-order chi connectivity index (χ0) is 18.8. The molecule has 1 fully saturated rings. The maximum Gasteiger partial charge on any atom is 0.285 e. The van der Waals surface area contributed by atoms with Crippen LogP contribution in [0.2, 0.25) is 0 Å². The normalized spacial score (nSPS) is 17.2. The van der Waals surface area contributed by atoms with E-state index >= 15 is 0 Å². The molecule has 2 aromatic rings. The predicted octanol–water partition coefficient (Wildman–Crippen LogP) is 4.82. The summed E-state index contributed by atoms with van der Waals surface area (Å²) in [5.74, 6) is 0.668. The molecule has 0 radical (unpaired) electrons. The van der Waals surface area contributed by atoms with Crippen LogP contribution in [0.3, 0.4) is 0 Å². The number of thiocarbonyl (C=S) groups is 1. The van der Waals surface area contributed by atoms with Gasteiger partial charge in [-0.25, -0.2) is 0 Å². The summed E-state index contributed by atoms with van der Waals surface area (Å²) in [6.07, 6.45) is 2.90. The van der Waals surface area contributed by atoms with E-state index in [2.05, 4.69) is 6.92 Å². The van der Waals surface area contributed by atoms with Gasteiger partial charge in [-0.1, -0.05) is 36.9 Å². The quantitative estimate of drug-likeness (QED) is 0.545. The lowest BCUT2D eigenvalue weighted by Crippen LogP contribution is -2.39. The molecular formula is C20H22N2O2S2. The minimum atomic E-state index is -0.110. The van der Waals surface area contributed by atoms with Crippen molar-refractivity contribution in [2.75, 3.05) is 5.01 Å². The highest BCUT2D eigenvalue weighted by Gasteiger charge is 2.34. The third-order valence-corrected chi connectivity index (χ3v) is 5.60. The first-order valence-corrected chi connectivity index (χ1v) is 9.83. The number of rotatable bonds is 5. The van der Waals surface area contributed by atoms with Crippen molar-refractivity contribution < 1.29 is 9.53 Å². The zero-order valence-corrected chi connectivity index (χ0v) is 17.0. The minimum Gasteiger partial charge on any atom is -0.490 e. The number of carbonyl (C=O) groups is 1. The number of hydrogen-bond acceptors (Lipinski definition) is 4. The van der Waals surface area contributed by atoms with Gasteiger partial charge in [-0.2, -0.15) is 5.01 Å². The molecule has 0 aliphatic carbocycles. The molecule has 0 spiro atoms. The van der Waals surface area contributed by atoms with E-state index in [0.29, 0.717) is 9.23 Å². The molecule has 136 valence electrons. The van der Waals surface area contributed by atoms with Gasteiger partial charge >= 0.3 is 0 Å². The Hall–Kier alpha value is -2.05. The fourth-order valence-electron chi connectivity index (χ4n) is 2.76. The van der Waals surface area contributed by atoms with Crippen molar-refractivity contribution in [2.45, 2.75) is 40.2 Å². The Bertz CT molecular complexity index is 866. The van der Waals surface area contributed by atoms with E-state index in [1.165, 1.54) is 11.8 Å². The number of para-hydroxylation sites is 1. The Morgan fingerprint density at radius 2 is 1.85 bits per heavy atom. The van der Waals surface area contributed by atoms with Crippen molar-refractivity contribution in [1.29, 1.82) is 0 Å². The summed E-state index contributed by atoms with van der Waals surface area (Å²) in [5, 5.41) is 1.56. The second kappa shape index (κ2) is 7.68. The van der Waals surface area contributed by atoms with Crippen molar-refractivity contribution in [3.05, 3.63) is 58.3 Å². The monoisotopic (exact) mass is 386 g/mol. The lowest BCUT2D eigenvalue weighted by atomic mass is 10.1. The Labute approximate surface area is 163 Å². The highest BCUT2D eigenvalue weighted by Crippen LogP contribution is 2.34. The molecule has 6 heteroatoms. The molecule has 4 nitrogen and oxygen atoms in total. The summed E-state index contributed by atoms with van der Waals surface area (Å²) in [5.41, 5.74) is 2.83. The smallest absolute Gasteiger partial charge is 0.285 e. The molecule has 26 heavy (non-hydrogen) atoms. The molecule has 0 bridgehead atoms. The average Bonchev–Trinajstić information content (AvgIpc) is 3.08. The van der Waals surface area contributed by atoms with E-state index < -0.39 is 0 Å². The van der Waals surface area contributed by atoms with Gasteiger partial charge in [0.1, 0.15) is 5.75 Å². The van der Waals surface area contributed by atoms with E-state index in [-0.39, 0.29) is 12.0 Å². The van der Waals surface area contributed by atoms with Gasteiger partial charge in [-0.05, 0) is 63.7 Å². The van der Waals surface area contributed by atoms with E-state index in [0.717, 1.165) is 29.1 Å². The average molecular weight is 387 g/mol. The number of ether oxygens (including phenoxy) is 1. The van der Waals surface area contributed by atoms with Crippen molar-refractivity contribution in [1.82, 2.24) is 4.68 Å². The van der Waals surface area contributed by atoms with Crippen LogP contribution in [0.4, 0.5) is 0 Å². The van der Waals surface area contributed by atoms with Crippen molar-refractivity contribution >= 4 is 40.3 Å². The molecule has 1 atom stereocenters. The van der Waals surface area contributed by atoms with Gasteiger partial charge in [0.2, 0.25) is 0 Å².